The number of fused-ring (bicyclic) bond motifs is 1. The SMILES string of the molecule is C=CC(=O)Nc1ccc(NC(=O)Nc2ccc(-c3cc4c(N5CCOCC5)ncnc4[nH]3)cc2)nc1. The highest BCUT2D eigenvalue weighted by Crippen LogP contribution is 2.29. The van der Waals surface area contributed by atoms with Gasteiger partial charge in [0.15, 0.2) is 0 Å². The fraction of sp³-hybridized carbons (Fsp3) is 0.160. The average Bonchev–Trinajstić information content (AvgIpc) is 3.35. The summed E-state index contributed by atoms with van der Waals surface area (Å²) >= 11 is 0. The lowest BCUT2D eigenvalue weighted by molar-refractivity contribution is -0.111. The minimum absolute atomic E-state index is 0.336. The number of aromatic amines is 1. The van der Waals surface area contributed by atoms with E-state index in [4.69, 9.17) is 4.74 Å². The summed E-state index contributed by atoms with van der Waals surface area (Å²) in [5, 5.41) is 8.99. The molecule has 4 aromatic rings. The van der Waals surface area contributed by atoms with Gasteiger partial charge in [-0.15, -0.1) is 0 Å². The van der Waals surface area contributed by atoms with Gasteiger partial charge in [-0.05, 0) is 42.0 Å². The summed E-state index contributed by atoms with van der Waals surface area (Å²) < 4.78 is 5.45. The predicted octanol–water partition coefficient (Wildman–Crippen LogP) is 3.63. The molecule has 3 aromatic heterocycles. The molecule has 1 aromatic carbocycles. The minimum atomic E-state index is -0.436. The van der Waals surface area contributed by atoms with E-state index in [0.29, 0.717) is 30.4 Å². The van der Waals surface area contributed by atoms with Crippen LogP contribution in [0.15, 0.2) is 67.6 Å². The second-order valence-corrected chi connectivity index (χ2v) is 8.02. The maximum atomic E-state index is 12.4. The number of carbonyl (C=O) groups is 2. The molecule has 0 unspecified atom stereocenters. The molecule has 11 heteroatoms. The van der Waals surface area contributed by atoms with Crippen molar-refractivity contribution in [2.75, 3.05) is 47.2 Å². The molecular formula is C25H24N8O3. The number of urea groups is 1. The molecule has 5 rings (SSSR count). The molecule has 0 atom stereocenters. The Bertz CT molecular complexity index is 1390. The molecule has 0 saturated carbocycles. The van der Waals surface area contributed by atoms with E-state index >= 15 is 0 Å². The summed E-state index contributed by atoms with van der Waals surface area (Å²) in [5.74, 6) is 0.901. The van der Waals surface area contributed by atoms with Gasteiger partial charge in [-0.2, -0.15) is 0 Å². The van der Waals surface area contributed by atoms with Crippen LogP contribution in [0.5, 0.6) is 0 Å². The van der Waals surface area contributed by atoms with Crippen molar-refractivity contribution >= 4 is 46.0 Å². The molecule has 0 radical (unpaired) electrons. The number of nitrogens with one attached hydrogen (secondary N) is 4. The highest BCUT2D eigenvalue weighted by atomic mass is 16.5. The van der Waals surface area contributed by atoms with Crippen LogP contribution >= 0.6 is 0 Å². The molecule has 1 aliphatic rings. The molecule has 1 aliphatic heterocycles. The van der Waals surface area contributed by atoms with E-state index in [1.54, 1.807) is 18.5 Å². The lowest BCUT2D eigenvalue weighted by atomic mass is 10.1. The summed E-state index contributed by atoms with van der Waals surface area (Å²) in [6.45, 7) is 6.34. The van der Waals surface area contributed by atoms with Crippen LogP contribution in [0.1, 0.15) is 0 Å². The molecule has 4 heterocycles. The number of ether oxygens (including phenoxy) is 1. The number of carbonyl (C=O) groups excluding carboxylic acids is 2. The molecule has 1 fully saturated rings. The largest absolute Gasteiger partial charge is 0.378 e. The molecule has 0 spiro atoms. The van der Waals surface area contributed by atoms with Crippen LogP contribution < -0.4 is 20.9 Å². The minimum Gasteiger partial charge on any atom is -0.378 e. The summed E-state index contributed by atoms with van der Waals surface area (Å²) in [5.41, 5.74) is 3.75. The maximum absolute atomic E-state index is 12.4. The van der Waals surface area contributed by atoms with Crippen LogP contribution in [0, 0.1) is 0 Å². The van der Waals surface area contributed by atoms with E-state index in [0.717, 1.165) is 41.2 Å². The number of benzene rings is 1. The van der Waals surface area contributed by atoms with Crippen LogP contribution in [-0.2, 0) is 9.53 Å². The van der Waals surface area contributed by atoms with Gasteiger partial charge in [-0.3, -0.25) is 10.1 Å². The van der Waals surface area contributed by atoms with E-state index in [-0.39, 0.29) is 5.91 Å². The molecule has 4 N–H and O–H groups in total. The number of pyridine rings is 1. The number of hydrogen-bond donors (Lipinski definition) is 4. The number of amides is 3. The average molecular weight is 485 g/mol. The Morgan fingerprint density at radius 3 is 2.47 bits per heavy atom. The second-order valence-electron chi connectivity index (χ2n) is 8.02. The van der Waals surface area contributed by atoms with Crippen molar-refractivity contribution in [1.29, 1.82) is 0 Å². The van der Waals surface area contributed by atoms with Gasteiger partial charge >= 0.3 is 6.03 Å². The summed E-state index contributed by atoms with van der Waals surface area (Å²) in [6.07, 6.45) is 4.18. The van der Waals surface area contributed by atoms with Crippen LogP contribution in [0.3, 0.4) is 0 Å². The van der Waals surface area contributed by atoms with E-state index in [2.05, 4.69) is 47.4 Å². The lowest BCUT2D eigenvalue weighted by Crippen LogP contribution is -2.36. The van der Waals surface area contributed by atoms with Crippen molar-refractivity contribution in [2.45, 2.75) is 0 Å². The van der Waals surface area contributed by atoms with E-state index in [1.807, 2.05) is 30.3 Å². The number of anilines is 4. The third kappa shape index (κ3) is 5.15. The Hall–Kier alpha value is -4.77. The van der Waals surface area contributed by atoms with Crippen LogP contribution in [0.4, 0.5) is 27.8 Å². The van der Waals surface area contributed by atoms with Crippen LogP contribution in [-0.4, -0.2) is 58.2 Å². The highest BCUT2D eigenvalue weighted by molar-refractivity contribution is 6.00. The van der Waals surface area contributed by atoms with Gasteiger partial charge < -0.3 is 25.3 Å². The first kappa shape index (κ1) is 23.0. The standard InChI is InChI=1S/C25H24N8O3/c1-2-22(34)29-18-7-8-21(26-14-18)32-25(35)30-17-5-3-16(4-6-17)20-13-19-23(31-20)27-15-28-24(19)33-9-11-36-12-10-33/h2-8,13-15H,1,9-12H2,(H,29,34)(H,27,28,31)(H2,26,30,32,35). The number of morpholine rings is 1. The number of hydrogen-bond acceptors (Lipinski definition) is 7. The first-order valence-electron chi connectivity index (χ1n) is 11.3. The molecule has 11 nitrogen and oxygen atoms in total. The summed E-state index contributed by atoms with van der Waals surface area (Å²) in [4.78, 5) is 42.3. The normalized spacial score (nSPS) is 13.3. The third-order valence-corrected chi connectivity index (χ3v) is 5.63. The first-order valence-corrected chi connectivity index (χ1v) is 11.3. The van der Waals surface area contributed by atoms with Crippen LogP contribution in [0.25, 0.3) is 22.3 Å². The second kappa shape index (κ2) is 10.2. The molecule has 3 amide bonds. The Morgan fingerprint density at radius 1 is 0.972 bits per heavy atom. The fourth-order valence-electron chi connectivity index (χ4n) is 3.86. The number of H-pyrrole nitrogens is 1. The molecule has 182 valence electrons. The van der Waals surface area contributed by atoms with Crippen molar-refractivity contribution in [3.05, 3.63) is 67.6 Å². The van der Waals surface area contributed by atoms with Gasteiger partial charge in [0.2, 0.25) is 5.91 Å². The molecule has 1 saturated heterocycles. The number of rotatable bonds is 6. The van der Waals surface area contributed by atoms with Crippen molar-refractivity contribution in [1.82, 2.24) is 19.9 Å². The van der Waals surface area contributed by atoms with Gasteiger partial charge in [-0.25, -0.2) is 19.7 Å². The predicted molar refractivity (Wildman–Crippen MR) is 138 cm³/mol. The smallest absolute Gasteiger partial charge is 0.324 e. The van der Waals surface area contributed by atoms with Gasteiger partial charge in [0, 0.05) is 24.5 Å². The van der Waals surface area contributed by atoms with Crippen molar-refractivity contribution < 1.29 is 14.3 Å². The number of nitrogens with zero attached hydrogens (tertiary/aromatic N) is 4. The van der Waals surface area contributed by atoms with E-state index in [1.165, 1.54) is 12.3 Å². The van der Waals surface area contributed by atoms with Crippen LogP contribution in [0.2, 0.25) is 0 Å². The Morgan fingerprint density at radius 2 is 1.75 bits per heavy atom. The van der Waals surface area contributed by atoms with Crippen molar-refractivity contribution in [3.63, 3.8) is 0 Å². The van der Waals surface area contributed by atoms with E-state index in [9.17, 15) is 9.59 Å². The van der Waals surface area contributed by atoms with Gasteiger partial charge in [0.05, 0.1) is 30.5 Å². The third-order valence-electron chi connectivity index (χ3n) is 5.63. The Balaban J connectivity index is 1.24. The van der Waals surface area contributed by atoms with Gasteiger partial charge in [0.1, 0.15) is 23.6 Å². The summed E-state index contributed by atoms with van der Waals surface area (Å²) in [6, 6.07) is 12.3. The van der Waals surface area contributed by atoms with Crippen molar-refractivity contribution in [3.8, 4) is 11.3 Å². The Labute approximate surface area is 206 Å². The van der Waals surface area contributed by atoms with Crippen molar-refractivity contribution in [2.24, 2.45) is 0 Å². The molecule has 0 aliphatic carbocycles. The zero-order valence-corrected chi connectivity index (χ0v) is 19.3. The van der Waals surface area contributed by atoms with Gasteiger partial charge in [-0.1, -0.05) is 18.7 Å². The quantitative estimate of drug-likeness (QED) is 0.307. The van der Waals surface area contributed by atoms with E-state index < -0.39 is 6.03 Å². The zero-order chi connectivity index (χ0) is 24.9. The highest BCUT2D eigenvalue weighted by Gasteiger charge is 2.17. The lowest BCUT2D eigenvalue weighted by Gasteiger charge is -2.27. The molecular weight excluding hydrogens is 460 g/mol. The fourth-order valence-corrected chi connectivity index (χ4v) is 3.86. The van der Waals surface area contributed by atoms with Gasteiger partial charge in [0.25, 0.3) is 0 Å². The number of aromatic nitrogens is 4. The monoisotopic (exact) mass is 484 g/mol. The Kier molecular flexibility index (Phi) is 6.54. The maximum Gasteiger partial charge on any atom is 0.324 e. The molecule has 36 heavy (non-hydrogen) atoms. The summed E-state index contributed by atoms with van der Waals surface area (Å²) in [7, 11) is 0. The first-order chi connectivity index (χ1) is 17.6. The zero-order valence-electron chi connectivity index (χ0n) is 19.3. The topological polar surface area (TPSA) is 137 Å². The molecule has 0 bridgehead atoms.